The smallest absolute Gasteiger partial charge is 0.407 e. The molecule has 6 heteroatoms. The third-order valence-corrected chi connectivity index (χ3v) is 5.09. The lowest BCUT2D eigenvalue weighted by atomic mass is 10.0. The van der Waals surface area contributed by atoms with Crippen LogP contribution in [0.5, 0.6) is 0 Å². The molecule has 29 heavy (non-hydrogen) atoms. The quantitative estimate of drug-likeness (QED) is 0.764. The summed E-state index contributed by atoms with van der Waals surface area (Å²) in [5.41, 5.74) is 3.09. The van der Waals surface area contributed by atoms with E-state index in [1.54, 1.807) is 17.0 Å². The molecule has 1 saturated heterocycles. The summed E-state index contributed by atoms with van der Waals surface area (Å²) in [5, 5.41) is 3.38. The molecule has 2 aromatic carbocycles. The van der Waals surface area contributed by atoms with Crippen LogP contribution in [-0.4, -0.2) is 41.6 Å². The van der Waals surface area contributed by atoms with Gasteiger partial charge in [-0.3, -0.25) is 4.79 Å². The first-order valence-electron chi connectivity index (χ1n) is 9.78. The molecule has 5 nitrogen and oxygen atoms in total. The minimum atomic E-state index is -0.547. The molecule has 1 atom stereocenters. The number of likely N-dealkylation sites (tertiary alicyclic amines) is 1. The van der Waals surface area contributed by atoms with Gasteiger partial charge in [-0.05, 0) is 51.8 Å². The Morgan fingerprint density at radius 2 is 1.83 bits per heavy atom. The van der Waals surface area contributed by atoms with Gasteiger partial charge in [0.2, 0.25) is 0 Å². The van der Waals surface area contributed by atoms with Gasteiger partial charge in [-0.15, -0.1) is 0 Å². The van der Waals surface area contributed by atoms with E-state index in [0.717, 1.165) is 11.1 Å². The summed E-state index contributed by atoms with van der Waals surface area (Å²) in [5.74, 6) is -0.0872. The lowest BCUT2D eigenvalue weighted by Crippen LogP contribution is -2.41. The predicted molar refractivity (Wildman–Crippen MR) is 115 cm³/mol. The van der Waals surface area contributed by atoms with Crippen LogP contribution in [0.2, 0.25) is 5.02 Å². The Labute approximate surface area is 177 Å². The van der Waals surface area contributed by atoms with E-state index in [-0.39, 0.29) is 11.9 Å². The minimum absolute atomic E-state index is 0.0872. The average molecular weight is 415 g/mol. The predicted octanol–water partition coefficient (Wildman–Crippen LogP) is 5.05. The van der Waals surface area contributed by atoms with Crippen LogP contribution in [0, 0.1) is 6.92 Å². The Kier molecular flexibility index (Phi) is 6.18. The van der Waals surface area contributed by atoms with E-state index in [1.807, 2.05) is 58.0 Å². The van der Waals surface area contributed by atoms with Crippen LogP contribution in [-0.2, 0) is 4.74 Å². The van der Waals surface area contributed by atoms with Crippen molar-refractivity contribution in [2.24, 2.45) is 0 Å². The van der Waals surface area contributed by atoms with Gasteiger partial charge in [-0.1, -0.05) is 47.5 Å². The number of hydrogen-bond acceptors (Lipinski definition) is 3. The third kappa shape index (κ3) is 5.51. The molecule has 0 bridgehead atoms. The highest BCUT2D eigenvalue weighted by Crippen LogP contribution is 2.29. The van der Waals surface area contributed by atoms with Crippen molar-refractivity contribution in [1.82, 2.24) is 10.2 Å². The fraction of sp³-hybridized carbons (Fsp3) is 0.391. The zero-order valence-electron chi connectivity index (χ0n) is 17.3. The van der Waals surface area contributed by atoms with Crippen LogP contribution in [0.3, 0.4) is 0 Å². The van der Waals surface area contributed by atoms with E-state index in [9.17, 15) is 9.59 Å². The summed E-state index contributed by atoms with van der Waals surface area (Å²) in [7, 11) is 0. The number of amides is 2. The SMILES string of the molecule is Cc1ccc(-c2ccc(C(=O)N3CC[C@H](NC(=O)OC(C)(C)C)C3)cc2Cl)cc1. The van der Waals surface area contributed by atoms with Crippen molar-refractivity contribution in [1.29, 1.82) is 0 Å². The normalized spacial score (nSPS) is 16.6. The number of carbonyl (C=O) groups is 2. The molecule has 0 radical (unpaired) electrons. The van der Waals surface area contributed by atoms with E-state index in [1.165, 1.54) is 5.56 Å². The number of alkyl carbamates (subject to hydrolysis) is 1. The first-order valence-corrected chi connectivity index (χ1v) is 10.2. The highest BCUT2D eigenvalue weighted by molar-refractivity contribution is 6.33. The van der Waals surface area contributed by atoms with Gasteiger partial charge in [0.15, 0.2) is 0 Å². The molecule has 0 aromatic heterocycles. The summed E-state index contributed by atoms with van der Waals surface area (Å²) in [6.45, 7) is 8.53. The number of carbonyl (C=O) groups excluding carboxylic acids is 2. The molecular formula is C23H27ClN2O3. The van der Waals surface area contributed by atoms with Gasteiger partial charge in [-0.25, -0.2) is 4.79 Å². The van der Waals surface area contributed by atoms with Crippen LogP contribution >= 0.6 is 11.6 Å². The zero-order chi connectivity index (χ0) is 21.2. The number of rotatable bonds is 3. The summed E-state index contributed by atoms with van der Waals surface area (Å²) in [6.07, 6.45) is 0.238. The largest absolute Gasteiger partial charge is 0.444 e. The molecule has 3 rings (SSSR count). The maximum Gasteiger partial charge on any atom is 0.407 e. The molecule has 1 aliphatic heterocycles. The van der Waals surface area contributed by atoms with E-state index in [0.29, 0.717) is 30.1 Å². The maximum atomic E-state index is 12.9. The molecule has 1 aliphatic rings. The van der Waals surface area contributed by atoms with E-state index < -0.39 is 11.7 Å². The lowest BCUT2D eigenvalue weighted by molar-refractivity contribution is 0.0502. The van der Waals surface area contributed by atoms with Gasteiger partial charge in [-0.2, -0.15) is 0 Å². The first-order chi connectivity index (χ1) is 13.6. The highest BCUT2D eigenvalue weighted by Gasteiger charge is 2.29. The number of aryl methyl sites for hydroxylation is 1. The van der Waals surface area contributed by atoms with Crippen molar-refractivity contribution >= 4 is 23.6 Å². The van der Waals surface area contributed by atoms with Gasteiger partial charge < -0.3 is 15.0 Å². The molecule has 154 valence electrons. The van der Waals surface area contributed by atoms with Gasteiger partial charge in [0, 0.05) is 29.2 Å². The Bertz CT molecular complexity index is 903. The molecular weight excluding hydrogens is 388 g/mol. The topological polar surface area (TPSA) is 58.6 Å². The van der Waals surface area contributed by atoms with E-state index >= 15 is 0 Å². The second-order valence-electron chi connectivity index (χ2n) is 8.44. The molecule has 2 aromatic rings. The van der Waals surface area contributed by atoms with Crippen LogP contribution in [0.1, 0.15) is 43.1 Å². The maximum absolute atomic E-state index is 12.9. The average Bonchev–Trinajstić information content (AvgIpc) is 3.08. The standard InChI is InChI=1S/C23H27ClN2O3/c1-15-5-7-16(8-6-15)19-10-9-17(13-20(19)24)21(27)26-12-11-18(14-26)25-22(28)29-23(2,3)4/h5-10,13,18H,11-12,14H2,1-4H3,(H,25,28)/t18-/m0/s1. The molecule has 1 N–H and O–H groups in total. The van der Waals surface area contributed by atoms with Crippen molar-refractivity contribution in [2.45, 2.75) is 45.8 Å². The van der Waals surface area contributed by atoms with Crippen molar-refractivity contribution in [3.63, 3.8) is 0 Å². The van der Waals surface area contributed by atoms with Gasteiger partial charge in [0.05, 0.1) is 6.04 Å². The van der Waals surface area contributed by atoms with Crippen LogP contribution in [0.25, 0.3) is 11.1 Å². The van der Waals surface area contributed by atoms with Gasteiger partial charge >= 0.3 is 6.09 Å². The van der Waals surface area contributed by atoms with Crippen LogP contribution in [0.15, 0.2) is 42.5 Å². The number of halogens is 1. The third-order valence-electron chi connectivity index (χ3n) is 4.77. The van der Waals surface area contributed by atoms with Crippen molar-refractivity contribution in [3.05, 3.63) is 58.6 Å². The molecule has 0 aliphatic carbocycles. The molecule has 0 saturated carbocycles. The first kappa shape index (κ1) is 21.2. The molecule has 1 fully saturated rings. The number of hydrogen-bond donors (Lipinski definition) is 1. The van der Waals surface area contributed by atoms with Crippen molar-refractivity contribution in [3.8, 4) is 11.1 Å². The highest BCUT2D eigenvalue weighted by atomic mass is 35.5. The fourth-order valence-electron chi connectivity index (χ4n) is 3.33. The van der Waals surface area contributed by atoms with E-state index in [4.69, 9.17) is 16.3 Å². The number of nitrogens with one attached hydrogen (secondary N) is 1. The van der Waals surface area contributed by atoms with Gasteiger partial charge in [0.25, 0.3) is 5.91 Å². The van der Waals surface area contributed by atoms with E-state index in [2.05, 4.69) is 5.32 Å². The van der Waals surface area contributed by atoms with Crippen molar-refractivity contribution in [2.75, 3.05) is 13.1 Å². The summed E-state index contributed by atoms with van der Waals surface area (Å²) in [4.78, 5) is 26.6. The molecule has 2 amide bonds. The zero-order valence-corrected chi connectivity index (χ0v) is 18.0. The summed E-state index contributed by atoms with van der Waals surface area (Å²) < 4.78 is 5.29. The Morgan fingerprint density at radius 1 is 1.14 bits per heavy atom. The van der Waals surface area contributed by atoms with Crippen molar-refractivity contribution < 1.29 is 14.3 Å². The molecule has 1 heterocycles. The van der Waals surface area contributed by atoms with Crippen LogP contribution < -0.4 is 5.32 Å². The Morgan fingerprint density at radius 3 is 2.45 bits per heavy atom. The monoisotopic (exact) mass is 414 g/mol. The molecule has 0 spiro atoms. The second kappa shape index (κ2) is 8.46. The number of nitrogens with zero attached hydrogens (tertiary/aromatic N) is 1. The van der Waals surface area contributed by atoms with Crippen LogP contribution in [0.4, 0.5) is 4.79 Å². The Hall–Kier alpha value is -2.53. The summed E-state index contributed by atoms with van der Waals surface area (Å²) in [6, 6.07) is 13.4. The molecule has 0 unspecified atom stereocenters. The minimum Gasteiger partial charge on any atom is -0.444 e. The fourth-order valence-corrected chi connectivity index (χ4v) is 3.62. The Balaban J connectivity index is 1.64. The second-order valence-corrected chi connectivity index (χ2v) is 8.85. The van der Waals surface area contributed by atoms with Gasteiger partial charge in [0.1, 0.15) is 5.60 Å². The number of benzene rings is 2. The number of ether oxygens (including phenoxy) is 1. The lowest BCUT2D eigenvalue weighted by Gasteiger charge is -2.22. The summed E-state index contributed by atoms with van der Waals surface area (Å²) >= 11 is 6.47.